The van der Waals surface area contributed by atoms with E-state index < -0.39 is 17.5 Å². The molecule has 182 valence electrons. The van der Waals surface area contributed by atoms with Crippen LogP contribution in [0.25, 0.3) is 22.3 Å². The molecule has 0 bridgehead atoms. The van der Waals surface area contributed by atoms with Gasteiger partial charge < -0.3 is 9.84 Å². The van der Waals surface area contributed by atoms with Crippen molar-refractivity contribution < 1.29 is 19.4 Å². The molecule has 0 saturated heterocycles. The summed E-state index contributed by atoms with van der Waals surface area (Å²) in [6.07, 6.45) is 2.55. The Bertz CT molecular complexity index is 1420. The Morgan fingerprint density at radius 3 is 2.33 bits per heavy atom. The fourth-order valence-corrected chi connectivity index (χ4v) is 4.53. The minimum Gasteiger partial charge on any atom is -0.481 e. The van der Waals surface area contributed by atoms with E-state index >= 15 is 0 Å². The Kier molecular flexibility index (Phi) is 6.06. The first kappa shape index (κ1) is 23.4. The van der Waals surface area contributed by atoms with Gasteiger partial charge in [-0.15, -0.1) is 0 Å². The van der Waals surface area contributed by atoms with Crippen molar-refractivity contribution in [2.75, 3.05) is 5.32 Å². The second-order valence-electron chi connectivity index (χ2n) is 9.21. The molecule has 1 aliphatic rings. The number of nitrogens with one attached hydrogen (secondary N) is 1. The first-order valence-corrected chi connectivity index (χ1v) is 11.8. The topological polar surface area (TPSA) is 93.5 Å². The van der Waals surface area contributed by atoms with Crippen LogP contribution in [0.2, 0.25) is 0 Å². The summed E-state index contributed by atoms with van der Waals surface area (Å²) in [5.74, 6) is -0.200. The molecule has 1 fully saturated rings. The van der Waals surface area contributed by atoms with Crippen molar-refractivity contribution in [1.29, 1.82) is 0 Å². The standard InChI is InChI=1S/C29H27N3O4/c1-19-16-22(10-13-24(19)21-8-11-23(12-9-21)29(14-15-29)27(33)34)25-17-30-32(2)26(25)31-28(35)36-18-20-6-4-3-5-7-20/h3-13,16-17H,14-15,18H2,1-2H3,(H,31,35)(H,33,34). The Hall–Kier alpha value is -4.39. The zero-order valence-electron chi connectivity index (χ0n) is 20.2. The molecule has 0 radical (unpaired) electrons. The number of carbonyl (C=O) groups is 2. The number of amides is 1. The number of aliphatic carboxylic acids is 1. The van der Waals surface area contributed by atoms with Crippen molar-refractivity contribution in [2.24, 2.45) is 7.05 Å². The summed E-state index contributed by atoms with van der Waals surface area (Å²) in [5, 5.41) is 16.7. The smallest absolute Gasteiger partial charge is 0.413 e. The van der Waals surface area contributed by atoms with Crippen LogP contribution in [0.3, 0.4) is 0 Å². The summed E-state index contributed by atoms with van der Waals surface area (Å²) in [6, 6.07) is 23.4. The van der Waals surface area contributed by atoms with Crippen LogP contribution in [0.1, 0.15) is 29.5 Å². The molecular weight excluding hydrogens is 454 g/mol. The van der Waals surface area contributed by atoms with Gasteiger partial charge in [0.2, 0.25) is 0 Å². The second kappa shape index (κ2) is 9.34. The van der Waals surface area contributed by atoms with Gasteiger partial charge in [-0.25, -0.2) is 4.79 Å². The highest BCUT2D eigenvalue weighted by atomic mass is 16.5. The van der Waals surface area contributed by atoms with Crippen LogP contribution in [-0.4, -0.2) is 26.9 Å². The molecule has 3 aromatic carbocycles. The maximum atomic E-state index is 12.5. The second-order valence-corrected chi connectivity index (χ2v) is 9.21. The van der Waals surface area contributed by atoms with Gasteiger partial charge in [0.25, 0.3) is 0 Å². The zero-order chi connectivity index (χ0) is 25.3. The molecule has 36 heavy (non-hydrogen) atoms. The Morgan fingerprint density at radius 1 is 1.00 bits per heavy atom. The van der Waals surface area contributed by atoms with E-state index in [9.17, 15) is 14.7 Å². The molecule has 4 aromatic rings. The van der Waals surface area contributed by atoms with Gasteiger partial charge in [-0.2, -0.15) is 5.10 Å². The van der Waals surface area contributed by atoms with Gasteiger partial charge in [-0.3, -0.25) is 14.8 Å². The van der Waals surface area contributed by atoms with Crippen molar-refractivity contribution in [2.45, 2.75) is 31.8 Å². The fraction of sp³-hybridized carbons (Fsp3) is 0.207. The third-order valence-corrected chi connectivity index (χ3v) is 6.82. The summed E-state index contributed by atoms with van der Waals surface area (Å²) < 4.78 is 6.98. The lowest BCUT2D eigenvalue weighted by atomic mass is 9.92. The maximum absolute atomic E-state index is 12.5. The average molecular weight is 482 g/mol. The number of nitrogens with zero attached hydrogens (tertiary/aromatic N) is 2. The van der Waals surface area contributed by atoms with Crippen molar-refractivity contribution >= 4 is 17.9 Å². The largest absolute Gasteiger partial charge is 0.481 e. The lowest BCUT2D eigenvalue weighted by Crippen LogP contribution is -2.19. The summed E-state index contributed by atoms with van der Waals surface area (Å²) >= 11 is 0. The van der Waals surface area contributed by atoms with Crippen LogP contribution in [0.5, 0.6) is 0 Å². The van der Waals surface area contributed by atoms with Crippen LogP contribution < -0.4 is 5.32 Å². The van der Waals surface area contributed by atoms with Gasteiger partial charge in [-0.1, -0.05) is 72.8 Å². The number of carboxylic acid groups (broad SMARTS) is 1. The Morgan fingerprint density at radius 2 is 1.69 bits per heavy atom. The van der Waals surface area contributed by atoms with Crippen molar-refractivity contribution in [3.63, 3.8) is 0 Å². The third-order valence-electron chi connectivity index (χ3n) is 6.82. The van der Waals surface area contributed by atoms with Crippen LogP contribution in [0, 0.1) is 6.92 Å². The van der Waals surface area contributed by atoms with E-state index in [-0.39, 0.29) is 6.61 Å². The normalized spacial score (nSPS) is 13.7. The highest BCUT2D eigenvalue weighted by molar-refractivity contribution is 5.90. The van der Waals surface area contributed by atoms with Crippen molar-refractivity contribution in [3.05, 3.63) is 95.7 Å². The molecule has 0 unspecified atom stereocenters. The minimum atomic E-state index is -0.749. The molecule has 5 rings (SSSR count). The van der Waals surface area contributed by atoms with E-state index in [1.807, 2.05) is 73.7 Å². The number of benzene rings is 3. The molecule has 0 spiro atoms. The number of anilines is 1. The van der Waals surface area contributed by atoms with E-state index in [1.54, 1.807) is 17.9 Å². The zero-order valence-corrected chi connectivity index (χ0v) is 20.2. The average Bonchev–Trinajstić information content (AvgIpc) is 3.63. The highest BCUT2D eigenvalue weighted by Gasteiger charge is 2.51. The molecule has 1 aromatic heterocycles. The van der Waals surface area contributed by atoms with Gasteiger partial charge in [0.1, 0.15) is 12.4 Å². The summed E-state index contributed by atoms with van der Waals surface area (Å²) in [6.45, 7) is 2.21. The predicted octanol–water partition coefficient (Wildman–Crippen LogP) is 5.93. The van der Waals surface area contributed by atoms with E-state index in [4.69, 9.17) is 4.74 Å². The lowest BCUT2D eigenvalue weighted by Gasteiger charge is -2.13. The van der Waals surface area contributed by atoms with Gasteiger partial charge in [-0.05, 0) is 53.1 Å². The molecule has 0 atom stereocenters. The third kappa shape index (κ3) is 4.47. The van der Waals surface area contributed by atoms with Gasteiger partial charge in [0.05, 0.1) is 11.6 Å². The molecule has 7 nitrogen and oxygen atoms in total. The number of aromatic nitrogens is 2. The number of rotatable bonds is 7. The maximum Gasteiger partial charge on any atom is 0.413 e. The summed E-state index contributed by atoms with van der Waals surface area (Å²) in [7, 11) is 1.77. The molecule has 1 saturated carbocycles. The van der Waals surface area contributed by atoms with Crippen LogP contribution in [0.4, 0.5) is 10.6 Å². The Labute approximate surface area is 209 Å². The highest BCUT2D eigenvalue weighted by Crippen LogP contribution is 2.48. The van der Waals surface area contributed by atoms with Crippen molar-refractivity contribution in [3.8, 4) is 22.3 Å². The number of carbonyl (C=O) groups excluding carboxylic acids is 1. The molecule has 2 N–H and O–H groups in total. The first-order valence-electron chi connectivity index (χ1n) is 11.8. The number of hydrogen-bond donors (Lipinski definition) is 2. The number of carboxylic acids is 1. The number of aryl methyl sites for hydroxylation is 2. The number of hydrogen-bond acceptors (Lipinski definition) is 4. The molecular formula is C29H27N3O4. The van der Waals surface area contributed by atoms with E-state index in [2.05, 4.69) is 16.5 Å². The molecule has 1 aliphatic carbocycles. The molecule has 1 amide bonds. The minimum absolute atomic E-state index is 0.181. The van der Waals surface area contributed by atoms with E-state index in [0.29, 0.717) is 18.7 Å². The summed E-state index contributed by atoms with van der Waals surface area (Å²) in [5.41, 5.74) is 5.91. The monoisotopic (exact) mass is 481 g/mol. The first-order chi connectivity index (χ1) is 17.4. The fourth-order valence-electron chi connectivity index (χ4n) is 4.53. The van der Waals surface area contributed by atoms with Crippen LogP contribution in [0.15, 0.2) is 79.0 Å². The van der Waals surface area contributed by atoms with Crippen LogP contribution in [-0.2, 0) is 28.6 Å². The molecule has 1 heterocycles. The SMILES string of the molecule is Cc1cc(-c2cnn(C)c2NC(=O)OCc2ccccc2)ccc1-c1ccc(C2(C(=O)O)CC2)cc1. The predicted molar refractivity (Wildman–Crippen MR) is 138 cm³/mol. The van der Waals surface area contributed by atoms with Crippen LogP contribution >= 0.6 is 0 Å². The molecule has 7 heteroatoms. The van der Waals surface area contributed by atoms with E-state index in [0.717, 1.165) is 38.9 Å². The molecule has 0 aliphatic heterocycles. The lowest BCUT2D eigenvalue weighted by molar-refractivity contribution is -0.140. The van der Waals surface area contributed by atoms with E-state index in [1.165, 1.54) is 0 Å². The number of ether oxygens (including phenoxy) is 1. The van der Waals surface area contributed by atoms with Gasteiger partial charge in [0, 0.05) is 12.6 Å². The van der Waals surface area contributed by atoms with Gasteiger partial charge in [0.15, 0.2) is 0 Å². The van der Waals surface area contributed by atoms with Crippen molar-refractivity contribution in [1.82, 2.24) is 9.78 Å². The Balaban J connectivity index is 1.33. The quantitative estimate of drug-likeness (QED) is 0.341. The van der Waals surface area contributed by atoms with Gasteiger partial charge >= 0.3 is 12.1 Å². The summed E-state index contributed by atoms with van der Waals surface area (Å²) in [4.78, 5) is 24.1.